The molecule has 0 aliphatic carbocycles. The van der Waals surface area contributed by atoms with Crippen LogP contribution < -0.4 is 9.47 Å². The molecule has 5 heteroatoms. The second-order valence-electron chi connectivity index (χ2n) is 4.16. The molecule has 0 fully saturated rings. The zero-order valence-electron chi connectivity index (χ0n) is 11.1. The Bertz CT molecular complexity index is 616. The summed E-state index contributed by atoms with van der Waals surface area (Å²) >= 11 is 6.00. The molecule has 0 spiro atoms. The number of methoxy groups -OCH3 is 2. The molecule has 0 bridgehead atoms. The largest absolute Gasteiger partial charge is 0.495 e. The van der Waals surface area contributed by atoms with E-state index in [1.165, 1.54) is 26.4 Å². The van der Waals surface area contributed by atoms with Crippen molar-refractivity contribution in [2.45, 2.75) is 6.10 Å². The zero-order valence-corrected chi connectivity index (χ0v) is 11.8. The molecule has 1 unspecified atom stereocenters. The third-order valence-corrected chi connectivity index (χ3v) is 3.29. The monoisotopic (exact) mass is 296 g/mol. The Morgan fingerprint density at radius 3 is 2.40 bits per heavy atom. The average molecular weight is 297 g/mol. The topological polar surface area (TPSA) is 38.7 Å². The zero-order chi connectivity index (χ0) is 14.7. The van der Waals surface area contributed by atoms with Crippen molar-refractivity contribution in [3.63, 3.8) is 0 Å². The smallest absolute Gasteiger partial charge is 0.171 e. The molecule has 20 heavy (non-hydrogen) atoms. The van der Waals surface area contributed by atoms with Crippen molar-refractivity contribution in [2.75, 3.05) is 14.2 Å². The van der Waals surface area contributed by atoms with Crippen molar-refractivity contribution in [1.29, 1.82) is 0 Å². The number of halogens is 2. The molecular weight excluding hydrogens is 283 g/mol. The molecule has 0 radical (unpaired) electrons. The third kappa shape index (κ3) is 2.71. The van der Waals surface area contributed by atoms with Crippen LogP contribution in [-0.4, -0.2) is 19.3 Å². The van der Waals surface area contributed by atoms with Crippen molar-refractivity contribution >= 4 is 11.6 Å². The molecule has 0 saturated carbocycles. The Balaban J connectivity index is 2.41. The van der Waals surface area contributed by atoms with Gasteiger partial charge in [0, 0.05) is 5.56 Å². The first-order valence-electron chi connectivity index (χ1n) is 5.92. The van der Waals surface area contributed by atoms with Crippen LogP contribution in [0.2, 0.25) is 5.02 Å². The standard InChI is InChI=1S/C15H14ClFO3/c1-19-12-7-6-9(8-11(12)16)15(18)10-4-3-5-13(20-2)14(10)17/h3-8,15,18H,1-2H3. The van der Waals surface area contributed by atoms with Crippen molar-refractivity contribution in [3.05, 3.63) is 58.4 Å². The fraction of sp³-hybridized carbons (Fsp3) is 0.200. The van der Waals surface area contributed by atoms with Crippen LogP contribution in [0, 0.1) is 5.82 Å². The highest BCUT2D eigenvalue weighted by molar-refractivity contribution is 6.32. The van der Waals surface area contributed by atoms with Gasteiger partial charge >= 0.3 is 0 Å². The van der Waals surface area contributed by atoms with Crippen LogP contribution in [0.5, 0.6) is 11.5 Å². The summed E-state index contributed by atoms with van der Waals surface area (Å²) < 4.78 is 24.1. The molecule has 1 atom stereocenters. The van der Waals surface area contributed by atoms with E-state index in [0.717, 1.165) is 0 Å². The van der Waals surface area contributed by atoms with Crippen LogP contribution in [0.25, 0.3) is 0 Å². The number of aliphatic hydroxyl groups is 1. The minimum Gasteiger partial charge on any atom is -0.495 e. The van der Waals surface area contributed by atoms with Gasteiger partial charge in [-0.2, -0.15) is 0 Å². The first-order chi connectivity index (χ1) is 9.58. The van der Waals surface area contributed by atoms with Crippen LogP contribution in [-0.2, 0) is 0 Å². The lowest BCUT2D eigenvalue weighted by Crippen LogP contribution is -2.04. The van der Waals surface area contributed by atoms with E-state index < -0.39 is 11.9 Å². The lowest BCUT2D eigenvalue weighted by atomic mass is 10.0. The van der Waals surface area contributed by atoms with Gasteiger partial charge in [0.25, 0.3) is 0 Å². The number of aliphatic hydroxyl groups excluding tert-OH is 1. The van der Waals surface area contributed by atoms with Crippen LogP contribution >= 0.6 is 11.6 Å². The Labute approximate surface area is 121 Å². The molecule has 0 aliphatic heterocycles. The molecule has 0 aliphatic rings. The molecular formula is C15H14ClFO3. The van der Waals surface area contributed by atoms with Crippen LogP contribution in [0.1, 0.15) is 17.2 Å². The summed E-state index contributed by atoms with van der Waals surface area (Å²) in [5.74, 6) is -0.00988. The number of hydrogen-bond acceptors (Lipinski definition) is 3. The second-order valence-corrected chi connectivity index (χ2v) is 4.57. The highest BCUT2D eigenvalue weighted by Crippen LogP contribution is 2.33. The van der Waals surface area contributed by atoms with Crippen LogP contribution in [0.15, 0.2) is 36.4 Å². The molecule has 0 amide bonds. The molecule has 2 aromatic rings. The minimum absolute atomic E-state index is 0.0844. The molecule has 0 saturated heterocycles. The number of hydrogen-bond donors (Lipinski definition) is 1. The summed E-state index contributed by atoms with van der Waals surface area (Å²) in [6, 6.07) is 9.41. The van der Waals surface area contributed by atoms with Gasteiger partial charge in [-0.25, -0.2) is 4.39 Å². The summed E-state index contributed by atoms with van der Waals surface area (Å²) in [7, 11) is 2.87. The van der Waals surface area contributed by atoms with Gasteiger partial charge in [0.1, 0.15) is 11.9 Å². The average Bonchev–Trinajstić information content (AvgIpc) is 2.46. The van der Waals surface area contributed by atoms with Gasteiger partial charge in [-0.1, -0.05) is 29.8 Å². The van der Waals surface area contributed by atoms with E-state index in [2.05, 4.69) is 0 Å². The Hall–Kier alpha value is -1.78. The first-order valence-corrected chi connectivity index (χ1v) is 6.30. The molecule has 2 aromatic carbocycles. The van der Waals surface area contributed by atoms with Gasteiger partial charge in [-0.15, -0.1) is 0 Å². The fourth-order valence-corrected chi connectivity index (χ4v) is 2.19. The van der Waals surface area contributed by atoms with E-state index >= 15 is 0 Å². The SMILES string of the molecule is COc1ccc(C(O)c2cccc(OC)c2F)cc1Cl. The van der Waals surface area contributed by atoms with Crippen LogP contribution in [0.3, 0.4) is 0 Å². The Kier molecular flexibility index (Phi) is 4.47. The molecule has 106 valence electrons. The summed E-state index contributed by atoms with van der Waals surface area (Å²) in [5, 5.41) is 10.6. The van der Waals surface area contributed by atoms with Crippen LogP contribution in [0.4, 0.5) is 4.39 Å². The molecule has 2 rings (SSSR count). The maximum Gasteiger partial charge on any atom is 0.171 e. The van der Waals surface area contributed by atoms with Crippen molar-refractivity contribution < 1.29 is 19.0 Å². The summed E-state index contributed by atoms with van der Waals surface area (Å²) in [4.78, 5) is 0. The van der Waals surface area contributed by atoms with Gasteiger partial charge in [0.2, 0.25) is 0 Å². The fourth-order valence-electron chi connectivity index (χ4n) is 1.93. The molecule has 0 aromatic heterocycles. The second kappa shape index (κ2) is 6.11. The van der Waals surface area contributed by atoms with Gasteiger partial charge < -0.3 is 14.6 Å². The third-order valence-electron chi connectivity index (χ3n) is 3.00. The predicted octanol–water partition coefficient (Wildman–Crippen LogP) is 3.58. The first kappa shape index (κ1) is 14.6. The van der Waals surface area contributed by atoms with Gasteiger partial charge in [-0.05, 0) is 23.8 Å². The van der Waals surface area contributed by atoms with E-state index in [9.17, 15) is 9.50 Å². The summed E-state index contributed by atoms with van der Waals surface area (Å²) in [6.45, 7) is 0. The quantitative estimate of drug-likeness (QED) is 0.937. The summed E-state index contributed by atoms with van der Waals surface area (Å²) in [5.41, 5.74) is 0.605. The van der Waals surface area contributed by atoms with Gasteiger partial charge in [-0.3, -0.25) is 0 Å². The maximum absolute atomic E-state index is 14.1. The number of ether oxygens (including phenoxy) is 2. The molecule has 1 N–H and O–H groups in total. The lowest BCUT2D eigenvalue weighted by molar-refractivity contribution is 0.213. The predicted molar refractivity (Wildman–Crippen MR) is 75.0 cm³/mol. The molecule has 3 nitrogen and oxygen atoms in total. The lowest BCUT2D eigenvalue weighted by Gasteiger charge is -2.15. The van der Waals surface area contributed by atoms with Gasteiger partial charge in [0.05, 0.1) is 19.2 Å². The summed E-state index contributed by atoms with van der Waals surface area (Å²) in [6.07, 6.45) is -1.13. The number of benzene rings is 2. The van der Waals surface area contributed by atoms with Crippen molar-refractivity contribution in [2.24, 2.45) is 0 Å². The normalized spacial score (nSPS) is 12.1. The van der Waals surface area contributed by atoms with E-state index in [1.807, 2.05) is 0 Å². The van der Waals surface area contributed by atoms with Gasteiger partial charge in [0.15, 0.2) is 11.6 Å². The van der Waals surface area contributed by atoms with E-state index in [4.69, 9.17) is 21.1 Å². The van der Waals surface area contributed by atoms with E-state index in [0.29, 0.717) is 16.3 Å². The Morgan fingerprint density at radius 1 is 1.10 bits per heavy atom. The van der Waals surface area contributed by atoms with E-state index in [-0.39, 0.29) is 11.3 Å². The minimum atomic E-state index is -1.13. The highest BCUT2D eigenvalue weighted by Gasteiger charge is 2.18. The van der Waals surface area contributed by atoms with Crippen molar-refractivity contribution in [1.82, 2.24) is 0 Å². The maximum atomic E-state index is 14.1. The number of rotatable bonds is 4. The van der Waals surface area contributed by atoms with Crippen molar-refractivity contribution in [3.8, 4) is 11.5 Å². The van der Waals surface area contributed by atoms with E-state index in [1.54, 1.807) is 24.3 Å². The molecule has 0 heterocycles. The Morgan fingerprint density at radius 2 is 1.80 bits per heavy atom. The highest BCUT2D eigenvalue weighted by atomic mass is 35.5.